The Morgan fingerprint density at radius 2 is 2.10 bits per heavy atom. The molecule has 0 radical (unpaired) electrons. The lowest BCUT2D eigenvalue weighted by Gasteiger charge is -2.22. The summed E-state index contributed by atoms with van der Waals surface area (Å²) in [5, 5.41) is 21.9. The fourth-order valence-electron chi connectivity index (χ4n) is 1.74. The standard InChI is InChI=1S/C13H14FN3O3/c1-3-13(4-2,8-15)12(18)16-11-6-5-9(17(19)20)7-10(11)14/h5-7H,3-4H2,1-2H3,(H,16,18). The number of hydrogen-bond acceptors (Lipinski definition) is 4. The highest BCUT2D eigenvalue weighted by molar-refractivity contribution is 5.97. The van der Waals surface area contributed by atoms with Crippen molar-refractivity contribution in [3.8, 4) is 6.07 Å². The quantitative estimate of drug-likeness (QED) is 0.661. The second-order valence-corrected chi connectivity index (χ2v) is 4.28. The minimum Gasteiger partial charge on any atom is -0.322 e. The summed E-state index contributed by atoms with van der Waals surface area (Å²) >= 11 is 0. The molecule has 0 bridgehead atoms. The van der Waals surface area contributed by atoms with E-state index in [1.165, 1.54) is 0 Å². The Balaban J connectivity index is 3.03. The van der Waals surface area contributed by atoms with Crippen molar-refractivity contribution in [1.82, 2.24) is 0 Å². The Morgan fingerprint density at radius 3 is 2.50 bits per heavy atom. The number of carbonyl (C=O) groups is 1. The first-order chi connectivity index (χ1) is 9.40. The van der Waals surface area contributed by atoms with Gasteiger partial charge in [0.25, 0.3) is 5.69 Å². The maximum absolute atomic E-state index is 13.7. The summed E-state index contributed by atoms with van der Waals surface area (Å²) < 4.78 is 13.7. The zero-order valence-corrected chi connectivity index (χ0v) is 11.1. The van der Waals surface area contributed by atoms with E-state index in [1.54, 1.807) is 13.8 Å². The Labute approximate surface area is 115 Å². The molecule has 1 aromatic rings. The number of rotatable bonds is 5. The van der Waals surface area contributed by atoms with Crippen molar-refractivity contribution in [2.24, 2.45) is 5.41 Å². The number of nitriles is 1. The van der Waals surface area contributed by atoms with Crippen molar-refractivity contribution in [2.45, 2.75) is 26.7 Å². The molecule has 0 aliphatic rings. The van der Waals surface area contributed by atoms with Gasteiger partial charge in [-0.3, -0.25) is 14.9 Å². The number of amides is 1. The zero-order valence-electron chi connectivity index (χ0n) is 11.1. The van der Waals surface area contributed by atoms with Crippen LogP contribution in [0.1, 0.15) is 26.7 Å². The van der Waals surface area contributed by atoms with Crippen LogP contribution in [0.5, 0.6) is 0 Å². The summed E-state index contributed by atoms with van der Waals surface area (Å²) in [6, 6.07) is 4.86. The monoisotopic (exact) mass is 279 g/mol. The van der Waals surface area contributed by atoms with Gasteiger partial charge in [0.05, 0.1) is 22.7 Å². The van der Waals surface area contributed by atoms with E-state index in [1.807, 2.05) is 6.07 Å². The summed E-state index contributed by atoms with van der Waals surface area (Å²) in [6.07, 6.45) is 0.584. The van der Waals surface area contributed by atoms with E-state index in [0.717, 1.165) is 18.2 Å². The normalized spacial score (nSPS) is 10.7. The molecule has 0 aliphatic carbocycles. The molecule has 0 spiro atoms. The van der Waals surface area contributed by atoms with Crippen molar-refractivity contribution >= 4 is 17.3 Å². The van der Waals surface area contributed by atoms with Crippen LogP contribution in [0.3, 0.4) is 0 Å². The second kappa shape index (κ2) is 6.10. The highest BCUT2D eigenvalue weighted by atomic mass is 19.1. The first-order valence-corrected chi connectivity index (χ1v) is 6.06. The van der Waals surface area contributed by atoms with Crippen LogP contribution in [0.15, 0.2) is 18.2 Å². The van der Waals surface area contributed by atoms with E-state index in [4.69, 9.17) is 5.26 Å². The average molecular weight is 279 g/mol. The minimum absolute atomic E-state index is 0.179. The molecule has 1 amide bonds. The number of nitro groups is 1. The lowest BCUT2D eigenvalue weighted by atomic mass is 9.83. The first kappa shape index (κ1) is 15.6. The predicted molar refractivity (Wildman–Crippen MR) is 70.3 cm³/mol. The predicted octanol–water partition coefficient (Wildman–Crippen LogP) is 3.00. The van der Waals surface area contributed by atoms with Crippen LogP contribution in [0.2, 0.25) is 0 Å². The number of anilines is 1. The number of halogens is 1. The van der Waals surface area contributed by atoms with E-state index in [0.29, 0.717) is 12.8 Å². The van der Waals surface area contributed by atoms with E-state index >= 15 is 0 Å². The molecule has 1 aromatic carbocycles. The van der Waals surface area contributed by atoms with Crippen molar-refractivity contribution < 1.29 is 14.1 Å². The van der Waals surface area contributed by atoms with Gasteiger partial charge in [0.15, 0.2) is 5.82 Å². The van der Waals surface area contributed by atoms with Gasteiger partial charge in [-0.05, 0) is 18.9 Å². The molecule has 20 heavy (non-hydrogen) atoms. The number of carbonyl (C=O) groups excluding carboxylic acids is 1. The third-order valence-corrected chi connectivity index (χ3v) is 3.27. The molecule has 1 rings (SSSR count). The van der Waals surface area contributed by atoms with Crippen LogP contribution in [-0.4, -0.2) is 10.8 Å². The Kier molecular flexibility index (Phi) is 4.75. The highest BCUT2D eigenvalue weighted by Crippen LogP contribution is 2.28. The number of nitrogens with zero attached hydrogens (tertiary/aromatic N) is 2. The van der Waals surface area contributed by atoms with Crippen LogP contribution < -0.4 is 5.32 Å². The summed E-state index contributed by atoms with van der Waals surface area (Å²) in [7, 11) is 0. The van der Waals surface area contributed by atoms with Gasteiger partial charge in [0.2, 0.25) is 5.91 Å². The molecule has 0 atom stereocenters. The number of benzene rings is 1. The van der Waals surface area contributed by atoms with Gasteiger partial charge in [-0.1, -0.05) is 13.8 Å². The van der Waals surface area contributed by atoms with Crippen molar-refractivity contribution in [1.29, 1.82) is 5.26 Å². The number of nitrogens with one attached hydrogen (secondary N) is 1. The highest BCUT2D eigenvalue weighted by Gasteiger charge is 2.35. The molecule has 0 saturated carbocycles. The molecule has 0 unspecified atom stereocenters. The van der Waals surface area contributed by atoms with Crippen molar-refractivity contribution in [2.75, 3.05) is 5.32 Å². The third-order valence-electron chi connectivity index (χ3n) is 3.27. The van der Waals surface area contributed by atoms with Crippen LogP contribution >= 0.6 is 0 Å². The van der Waals surface area contributed by atoms with Crippen LogP contribution in [0.4, 0.5) is 15.8 Å². The molecule has 0 saturated heterocycles. The molecule has 0 fully saturated rings. The van der Waals surface area contributed by atoms with Gasteiger partial charge in [0, 0.05) is 6.07 Å². The molecule has 6 nitrogen and oxygen atoms in total. The van der Waals surface area contributed by atoms with Crippen LogP contribution in [0, 0.1) is 32.7 Å². The van der Waals surface area contributed by atoms with Gasteiger partial charge >= 0.3 is 0 Å². The topological polar surface area (TPSA) is 96.0 Å². The second-order valence-electron chi connectivity index (χ2n) is 4.28. The summed E-state index contributed by atoms with van der Waals surface area (Å²) in [4.78, 5) is 21.8. The zero-order chi connectivity index (χ0) is 15.3. The molecular weight excluding hydrogens is 265 g/mol. The van der Waals surface area contributed by atoms with Crippen LogP contribution in [0.25, 0.3) is 0 Å². The number of nitro benzene ring substituents is 1. The molecule has 0 heterocycles. The molecular formula is C13H14FN3O3. The Hall–Kier alpha value is -2.49. The van der Waals surface area contributed by atoms with Gasteiger partial charge in [0.1, 0.15) is 5.41 Å². The number of non-ortho nitro benzene ring substituents is 1. The smallest absolute Gasteiger partial charge is 0.272 e. The van der Waals surface area contributed by atoms with E-state index in [2.05, 4.69) is 5.32 Å². The maximum Gasteiger partial charge on any atom is 0.272 e. The van der Waals surface area contributed by atoms with Gasteiger partial charge in [-0.25, -0.2) is 4.39 Å². The lowest BCUT2D eigenvalue weighted by molar-refractivity contribution is -0.385. The summed E-state index contributed by atoms with van der Waals surface area (Å²) in [5.41, 5.74) is -1.81. The minimum atomic E-state index is -1.23. The van der Waals surface area contributed by atoms with E-state index < -0.39 is 27.8 Å². The molecule has 106 valence electrons. The van der Waals surface area contributed by atoms with Gasteiger partial charge < -0.3 is 5.32 Å². The molecule has 0 aromatic heterocycles. The van der Waals surface area contributed by atoms with Gasteiger partial charge in [-0.2, -0.15) is 5.26 Å². The average Bonchev–Trinajstić information content (AvgIpc) is 2.43. The number of hydrogen-bond donors (Lipinski definition) is 1. The first-order valence-electron chi connectivity index (χ1n) is 6.06. The Morgan fingerprint density at radius 1 is 1.50 bits per heavy atom. The largest absolute Gasteiger partial charge is 0.322 e. The van der Waals surface area contributed by atoms with E-state index in [-0.39, 0.29) is 5.69 Å². The van der Waals surface area contributed by atoms with Crippen molar-refractivity contribution in [3.63, 3.8) is 0 Å². The molecule has 1 N–H and O–H groups in total. The van der Waals surface area contributed by atoms with Crippen LogP contribution in [-0.2, 0) is 4.79 Å². The fourth-order valence-corrected chi connectivity index (χ4v) is 1.74. The summed E-state index contributed by atoms with van der Waals surface area (Å²) in [5.74, 6) is -1.52. The molecule has 7 heteroatoms. The van der Waals surface area contributed by atoms with E-state index in [9.17, 15) is 19.3 Å². The SMILES string of the molecule is CCC(C#N)(CC)C(=O)Nc1ccc([N+](=O)[O-])cc1F. The lowest BCUT2D eigenvalue weighted by Crippen LogP contribution is -2.34. The summed E-state index contributed by atoms with van der Waals surface area (Å²) in [6.45, 7) is 3.39. The third kappa shape index (κ3) is 2.91. The molecule has 0 aliphatic heterocycles. The maximum atomic E-state index is 13.7. The van der Waals surface area contributed by atoms with Gasteiger partial charge in [-0.15, -0.1) is 0 Å². The van der Waals surface area contributed by atoms with Crippen molar-refractivity contribution in [3.05, 3.63) is 34.1 Å². The fraction of sp³-hybridized carbons (Fsp3) is 0.385. The Bertz CT molecular complexity index is 577.